The molecule has 1 aromatic carbocycles. The Morgan fingerprint density at radius 3 is 2.86 bits per heavy atom. The maximum Gasteiger partial charge on any atom is 0.259 e. The van der Waals surface area contributed by atoms with Crippen LogP contribution in [0, 0.1) is 5.82 Å². The molecule has 1 saturated carbocycles. The Morgan fingerprint density at radius 2 is 2.11 bits per heavy atom. The highest BCUT2D eigenvalue weighted by molar-refractivity contribution is 6.04. The molecule has 1 atom stereocenters. The van der Waals surface area contributed by atoms with Crippen LogP contribution in [0.3, 0.4) is 0 Å². The Kier molecular flexibility index (Phi) is 6.05. The van der Waals surface area contributed by atoms with Crippen LogP contribution in [0.4, 0.5) is 10.2 Å². The predicted octanol–water partition coefficient (Wildman–Crippen LogP) is 2.24. The summed E-state index contributed by atoms with van der Waals surface area (Å²) in [4.78, 5) is 21.8. The van der Waals surface area contributed by atoms with Gasteiger partial charge in [0.1, 0.15) is 17.3 Å². The normalized spacial score (nSPS) is 14.2. The van der Waals surface area contributed by atoms with E-state index >= 15 is 0 Å². The standard InChI is InChI=1S/C23H23FN8O3/c1-13(10-33)32-22(28-29-30-32)18-3-2-4-21(26-18)27-23(35)16-8-20(15(11-34)7-17(16)24)31-9-19(25-12-31)14-5-6-14/h2-4,7-9,12-14,33-34H,5-6,10-11H2,1H3,(H,26,27,35). The van der Waals surface area contributed by atoms with Crippen LogP contribution in [0.15, 0.2) is 42.9 Å². The van der Waals surface area contributed by atoms with Gasteiger partial charge in [-0.15, -0.1) is 5.10 Å². The molecule has 4 aromatic rings. The summed E-state index contributed by atoms with van der Waals surface area (Å²) in [6, 6.07) is 7.04. The predicted molar refractivity (Wildman–Crippen MR) is 122 cm³/mol. The summed E-state index contributed by atoms with van der Waals surface area (Å²) in [7, 11) is 0. The van der Waals surface area contributed by atoms with Crippen molar-refractivity contribution in [2.75, 3.05) is 11.9 Å². The first-order valence-corrected chi connectivity index (χ1v) is 11.1. The molecule has 1 aliphatic carbocycles. The van der Waals surface area contributed by atoms with E-state index in [0.29, 0.717) is 28.7 Å². The summed E-state index contributed by atoms with van der Waals surface area (Å²) in [6.07, 6.45) is 5.61. The number of hydrogen-bond acceptors (Lipinski definition) is 8. The average Bonchev–Trinajstić information content (AvgIpc) is 3.39. The van der Waals surface area contributed by atoms with Gasteiger partial charge in [-0.3, -0.25) is 4.79 Å². The van der Waals surface area contributed by atoms with Crippen molar-refractivity contribution in [2.45, 2.75) is 38.3 Å². The van der Waals surface area contributed by atoms with E-state index in [9.17, 15) is 19.4 Å². The van der Waals surface area contributed by atoms with Gasteiger partial charge >= 0.3 is 0 Å². The van der Waals surface area contributed by atoms with Gasteiger partial charge < -0.3 is 20.1 Å². The van der Waals surface area contributed by atoms with Crippen LogP contribution in [0.1, 0.15) is 53.3 Å². The van der Waals surface area contributed by atoms with Gasteiger partial charge in [0.2, 0.25) is 5.82 Å². The molecule has 0 bridgehead atoms. The van der Waals surface area contributed by atoms with Gasteiger partial charge in [0.25, 0.3) is 5.91 Å². The van der Waals surface area contributed by atoms with E-state index in [1.807, 2.05) is 6.20 Å². The summed E-state index contributed by atoms with van der Waals surface area (Å²) in [6.45, 7) is 1.18. The molecule has 1 aliphatic rings. The number of benzene rings is 1. The van der Waals surface area contributed by atoms with Gasteiger partial charge in [-0.1, -0.05) is 6.07 Å². The van der Waals surface area contributed by atoms with Crippen LogP contribution in [0.25, 0.3) is 17.2 Å². The molecule has 180 valence electrons. The van der Waals surface area contributed by atoms with Gasteiger partial charge in [-0.25, -0.2) is 19.0 Å². The Balaban J connectivity index is 1.43. The minimum absolute atomic E-state index is 0.168. The Bertz CT molecular complexity index is 1380. The molecule has 3 N–H and O–H groups in total. The number of rotatable bonds is 8. The van der Waals surface area contributed by atoms with E-state index in [1.54, 1.807) is 36.0 Å². The maximum atomic E-state index is 14.8. The third kappa shape index (κ3) is 4.53. The van der Waals surface area contributed by atoms with Gasteiger partial charge in [0.05, 0.1) is 42.5 Å². The lowest BCUT2D eigenvalue weighted by Crippen LogP contribution is -2.17. The zero-order valence-electron chi connectivity index (χ0n) is 18.8. The smallest absolute Gasteiger partial charge is 0.259 e. The number of nitrogens with zero attached hydrogens (tertiary/aromatic N) is 7. The van der Waals surface area contributed by atoms with Gasteiger partial charge in [0.15, 0.2) is 0 Å². The van der Waals surface area contributed by atoms with Crippen molar-refractivity contribution in [3.05, 3.63) is 65.5 Å². The molecule has 11 nitrogen and oxygen atoms in total. The van der Waals surface area contributed by atoms with Crippen LogP contribution in [-0.2, 0) is 6.61 Å². The van der Waals surface area contributed by atoms with Crippen molar-refractivity contribution >= 4 is 11.7 Å². The number of halogens is 1. The summed E-state index contributed by atoms with van der Waals surface area (Å²) in [5.41, 5.74) is 1.91. The summed E-state index contributed by atoms with van der Waals surface area (Å²) in [5.74, 6) is -0.560. The number of nitrogens with one attached hydrogen (secondary N) is 1. The van der Waals surface area contributed by atoms with E-state index in [2.05, 4.69) is 30.8 Å². The first-order chi connectivity index (χ1) is 17.0. The quantitative estimate of drug-likeness (QED) is 0.350. The molecule has 35 heavy (non-hydrogen) atoms. The van der Waals surface area contributed by atoms with Crippen molar-refractivity contribution in [3.63, 3.8) is 0 Å². The molecule has 1 fully saturated rings. The van der Waals surface area contributed by atoms with Gasteiger partial charge in [0, 0.05) is 17.7 Å². The van der Waals surface area contributed by atoms with E-state index in [0.717, 1.165) is 24.6 Å². The molecule has 0 aliphatic heterocycles. The number of amides is 1. The van der Waals surface area contributed by atoms with Crippen LogP contribution >= 0.6 is 0 Å². The summed E-state index contributed by atoms with van der Waals surface area (Å²) < 4.78 is 18.0. The second kappa shape index (κ2) is 9.31. The van der Waals surface area contributed by atoms with Crippen LogP contribution in [0.5, 0.6) is 0 Å². The number of carbonyl (C=O) groups excluding carboxylic acids is 1. The molecule has 12 heteroatoms. The number of anilines is 1. The number of aliphatic hydroxyl groups excluding tert-OH is 2. The highest BCUT2D eigenvalue weighted by Gasteiger charge is 2.26. The third-order valence-corrected chi connectivity index (χ3v) is 5.85. The Hall–Kier alpha value is -4.03. The van der Waals surface area contributed by atoms with Crippen molar-refractivity contribution < 1.29 is 19.4 Å². The largest absolute Gasteiger partial charge is 0.394 e. The molecular formula is C23H23FN8O3. The molecule has 0 spiro atoms. The van der Waals surface area contributed by atoms with Crippen molar-refractivity contribution in [3.8, 4) is 17.2 Å². The second-order valence-corrected chi connectivity index (χ2v) is 8.44. The van der Waals surface area contributed by atoms with Crippen molar-refractivity contribution in [1.82, 2.24) is 34.7 Å². The summed E-state index contributed by atoms with van der Waals surface area (Å²) in [5, 5.41) is 33.3. The number of carbonyl (C=O) groups is 1. The molecule has 0 radical (unpaired) electrons. The zero-order chi connectivity index (χ0) is 24.5. The van der Waals surface area contributed by atoms with E-state index in [4.69, 9.17) is 0 Å². The molecule has 1 unspecified atom stereocenters. The number of hydrogen-bond donors (Lipinski definition) is 3. The lowest BCUT2D eigenvalue weighted by molar-refractivity contribution is 0.102. The minimum atomic E-state index is -0.769. The highest BCUT2D eigenvalue weighted by atomic mass is 19.1. The third-order valence-electron chi connectivity index (χ3n) is 5.85. The summed E-state index contributed by atoms with van der Waals surface area (Å²) >= 11 is 0. The van der Waals surface area contributed by atoms with Crippen LogP contribution < -0.4 is 5.32 Å². The van der Waals surface area contributed by atoms with E-state index in [-0.39, 0.29) is 24.0 Å². The minimum Gasteiger partial charge on any atom is -0.394 e. The molecule has 5 rings (SSSR count). The fraction of sp³-hybridized carbons (Fsp3) is 0.304. The van der Waals surface area contributed by atoms with E-state index < -0.39 is 18.3 Å². The SMILES string of the molecule is CC(CO)n1nnnc1-c1cccc(NC(=O)c2cc(-n3cnc(C4CC4)c3)c(CO)cc2F)n1. The Morgan fingerprint density at radius 1 is 1.29 bits per heavy atom. The lowest BCUT2D eigenvalue weighted by Gasteiger charge is -2.13. The molecular weight excluding hydrogens is 455 g/mol. The van der Waals surface area contributed by atoms with Gasteiger partial charge in [-0.2, -0.15) is 0 Å². The zero-order valence-corrected chi connectivity index (χ0v) is 18.8. The molecule has 0 saturated heterocycles. The Labute approximate surface area is 199 Å². The fourth-order valence-corrected chi connectivity index (χ4v) is 3.75. The highest BCUT2D eigenvalue weighted by Crippen LogP contribution is 2.39. The number of imidazole rings is 1. The van der Waals surface area contributed by atoms with Crippen molar-refractivity contribution in [1.29, 1.82) is 0 Å². The van der Waals surface area contributed by atoms with Crippen LogP contribution in [-0.4, -0.2) is 57.5 Å². The first kappa shape index (κ1) is 22.7. The second-order valence-electron chi connectivity index (χ2n) is 8.44. The molecule has 3 aromatic heterocycles. The first-order valence-electron chi connectivity index (χ1n) is 11.1. The fourth-order valence-electron chi connectivity index (χ4n) is 3.75. The molecule has 3 heterocycles. The monoisotopic (exact) mass is 478 g/mol. The molecule has 1 amide bonds. The average molecular weight is 478 g/mol. The van der Waals surface area contributed by atoms with E-state index in [1.165, 1.54) is 10.7 Å². The van der Waals surface area contributed by atoms with Gasteiger partial charge in [-0.05, 0) is 54.5 Å². The lowest BCUT2D eigenvalue weighted by atomic mass is 10.1. The number of pyridine rings is 1. The topological polar surface area (TPSA) is 144 Å². The number of aromatic nitrogens is 7. The van der Waals surface area contributed by atoms with Crippen molar-refractivity contribution in [2.24, 2.45) is 0 Å². The maximum absolute atomic E-state index is 14.8. The number of aliphatic hydroxyl groups is 2. The van der Waals surface area contributed by atoms with Crippen LogP contribution in [0.2, 0.25) is 0 Å². The number of tetrazole rings is 1.